The lowest BCUT2D eigenvalue weighted by Crippen LogP contribution is -2.29. The van der Waals surface area contributed by atoms with E-state index in [2.05, 4.69) is 10.4 Å². The molecule has 3 aromatic rings. The number of nitrogens with zero attached hydrogens (tertiary/aromatic N) is 3. The highest BCUT2D eigenvalue weighted by Gasteiger charge is 2.28. The quantitative estimate of drug-likeness (QED) is 0.455. The highest BCUT2D eigenvalue weighted by Crippen LogP contribution is 2.29. The van der Waals surface area contributed by atoms with E-state index in [4.69, 9.17) is 4.74 Å². The summed E-state index contributed by atoms with van der Waals surface area (Å²) >= 11 is 0. The van der Waals surface area contributed by atoms with Gasteiger partial charge in [0.05, 0.1) is 11.3 Å². The van der Waals surface area contributed by atoms with Gasteiger partial charge in [-0.25, -0.2) is 26.7 Å². The number of alkyl halides is 3. The molecule has 12 heteroatoms. The molecular weight excluding hydrogens is 475 g/mol. The number of rotatable bonds is 8. The number of benzene rings is 2. The van der Waals surface area contributed by atoms with Crippen LogP contribution in [0.15, 0.2) is 35.1 Å². The molecule has 0 fully saturated rings. The Morgan fingerprint density at radius 3 is 2.37 bits per heavy atom. The first kappa shape index (κ1) is 25.9. The minimum Gasteiger partial charge on any atom is -0.481 e. The number of hydrogen-bond donors (Lipinski definition) is 1. The number of amides is 1. The number of hydrogen-bond acceptors (Lipinski definition) is 4. The van der Waals surface area contributed by atoms with E-state index in [0.29, 0.717) is 16.3 Å². The number of ether oxygens (including phenoxy) is 1. The topological polar surface area (TPSA) is 78.2 Å². The zero-order chi connectivity index (χ0) is 26.0. The minimum absolute atomic E-state index is 0.216. The number of anilines is 1. The van der Waals surface area contributed by atoms with E-state index < -0.39 is 59.4 Å². The number of aromatic nitrogens is 3. The van der Waals surface area contributed by atoms with Crippen LogP contribution in [0.5, 0.6) is 5.75 Å². The molecule has 1 atom stereocenters. The molecule has 0 aliphatic heterocycles. The van der Waals surface area contributed by atoms with Crippen LogP contribution >= 0.6 is 0 Å². The van der Waals surface area contributed by atoms with Crippen molar-refractivity contribution in [2.75, 3.05) is 12.0 Å². The first-order valence-electron chi connectivity index (χ1n) is 10.6. The maximum atomic E-state index is 15.1. The van der Waals surface area contributed by atoms with Crippen LogP contribution in [0.2, 0.25) is 0 Å². The Hall–Kier alpha value is -3.70. The normalized spacial score (nSPS) is 12.3. The van der Waals surface area contributed by atoms with Gasteiger partial charge in [-0.1, -0.05) is 12.1 Å². The summed E-state index contributed by atoms with van der Waals surface area (Å²) in [5.41, 5.74) is -1.71. The van der Waals surface area contributed by atoms with Gasteiger partial charge in [0.2, 0.25) is 0 Å². The van der Waals surface area contributed by atoms with E-state index in [1.165, 1.54) is 30.5 Å². The summed E-state index contributed by atoms with van der Waals surface area (Å²) in [7, 11) is 0. The molecule has 0 saturated carbocycles. The molecule has 0 radical (unpaired) electrons. The molecular formula is C23H23F5N4O3. The van der Waals surface area contributed by atoms with Gasteiger partial charge in [0.25, 0.3) is 12.3 Å². The molecule has 0 aliphatic carbocycles. The van der Waals surface area contributed by atoms with E-state index in [9.17, 15) is 27.2 Å². The van der Waals surface area contributed by atoms with Gasteiger partial charge in [-0.2, -0.15) is 9.78 Å². The summed E-state index contributed by atoms with van der Waals surface area (Å²) in [4.78, 5) is 25.7. The second kappa shape index (κ2) is 10.3. The van der Waals surface area contributed by atoms with Crippen LogP contribution in [-0.4, -0.2) is 39.5 Å². The fourth-order valence-corrected chi connectivity index (χ4v) is 3.49. The second-order valence-electron chi connectivity index (χ2n) is 8.04. The molecule has 1 aromatic heterocycles. The van der Waals surface area contributed by atoms with Crippen molar-refractivity contribution < 1.29 is 31.5 Å². The standard InChI is InChI=1S/C23H23F5N4O3/c1-11(2)31-13(4)30-32(23(31)34)17-9-18(35-19(10-24)21(27)28)14(8-16(17)26)22(33)29-20-12(3)6-5-7-15(20)25/h5-9,11,19,21H,10H2,1-4H3,(H,29,33)/t19-/m0/s1. The lowest BCUT2D eigenvalue weighted by Gasteiger charge is -2.19. The average Bonchev–Trinajstić information content (AvgIpc) is 3.08. The van der Waals surface area contributed by atoms with Crippen molar-refractivity contribution in [3.05, 3.63) is 69.4 Å². The molecule has 7 nitrogen and oxygen atoms in total. The number of carbonyl (C=O) groups excluding carboxylic acids is 1. The van der Waals surface area contributed by atoms with E-state index >= 15 is 4.39 Å². The third-order valence-corrected chi connectivity index (χ3v) is 5.19. The van der Waals surface area contributed by atoms with Gasteiger partial charge in [-0.15, -0.1) is 0 Å². The van der Waals surface area contributed by atoms with Gasteiger partial charge < -0.3 is 10.1 Å². The SMILES string of the molecule is Cc1cccc(F)c1NC(=O)c1cc(F)c(-n2nc(C)n(C(C)C)c2=O)cc1O[C@@H](CF)C(F)F. The molecule has 35 heavy (non-hydrogen) atoms. The fourth-order valence-electron chi connectivity index (χ4n) is 3.49. The number of nitrogens with one attached hydrogen (secondary N) is 1. The maximum absolute atomic E-state index is 15.1. The van der Waals surface area contributed by atoms with Gasteiger partial charge >= 0.3 is 5.69 Å². The Morgan fingerprint density at radius 2 is 1.83 bits per heavy atom. The lowest BCUT2D eigenvalue weighted by atomic mass is 10.1. The van der Waals surface area contributed by atoms with E-state index in [1.54, 1.807) is 13.8 Å². The molecule has 188 valence electrons. The summed E-state index contributed by atoms with van der Waals surface area (Å²) in [5.74, 6) is -3.38. The predicted molar refractivity (Wildman–Crippen MR) is 118 cm³/mol. The summed E-state index contributed by atoms with van der Waals surface area (Å²) in [6, 6.07) is 5.12. The molecule has 0 bridgehead atoms. The number of para-hydroxylation sites is 1. The van der Waals surface area contributed by atoms with Crippen LogP contribution in [-0.2, 0) is 0 Å². The molecule has 0 unspecified atom stereocenters. The van der Waals surface area contributed by atoms with Gasteiger partial charge in [0.15, 0.2) is 6.10 Å². The van der Waals surface area contributed by atoms with Gasteiger partial charge in [0, 0.05) is 12.1 Å². The summed E-state index contributed by atoms with van der Waals surface area (Å²) < 4.78 is 75.9. The average molecular weight is 498 g/mol. The Morgan fingerprint density at radius 1 is 1.14 bits per heavy atom. The highest BCUT2D eigenvalue weighted by molar-refractivity contribution is 6.06. The van der Waals surface area contributed by atoms with Crippen LogP contribution in [0.3, 0.4) is 0 Å². The first-order chi connectivity index (χ1) is 16.5. The van der Waals surface area contributed by atoms with Crippen molar-refractivity contribution in [2.45, 2.75) is 46.3 Å². The predicted octanol–water partition coefficient (Wildman–Crippen LogP) is 4.74. The van der Waals surface area contributed by atoms with Crippen molar-refractivity contribution in [3.63, 3.8) is 0 Å². The number of halogens is 5. The van der Waals surface area contributed by atoms with Crippen LogP contribution in [0.4, 0.5) is 27.6 Å². The van der Waals surface area contributed by atoms with Crippen LogP contribution in [0.25, 0.3) is 5.69 Å². The maximum Gasteiger partial charge on any atom is 0.351 e. The third-order valence-electron chi connectivity index (χ3n) is 5.19. The Balaban J connectivity index is 2.16. The molecule has 1 heterocycles. The minimum atomic E-state index is -3.27. The summed E-state index contributed by atoms with van der Waals surface area (Å²) in [6.07, 6.45) is -5.55. The van der Waals surface area contributed by atoms with Crippen molar-refractivity contribution in [3.8, 4) is 11.4 Å². The summed E-state index contributed by atoms with van der Waals surface area (Å²) in [5, 5.41) is 6.25. The third kappa shape index (κ3) is 5.20. The van der Waals surface area contributed by atoms with Crippen LogP contribution in [0, 0.1) is 25.5 Å². The van der Waals surface area contributed by atoms with Crippen molar-refractivity contribution in [2.24, 2.45) is 0 Å². The summed E-state index contributed by atoms with van der Waals surface area (Å²) in [6.45, 7) is 4.83. The largest absolute Gasteiger partial charge is 0.481 e. The molecule has 0 saturated heterocycles. The lowest BCUT2D eigenvalue weighted by molar-refractivity contribution is -0.00158. The van der Waals surface area contributed by atoms with Crippen molar-refractivity contribution in [1.82, 2.24) is 14.3 Å². The molecule has 0 spiro atoms. The van der Waals surface area contributed by atoms with Gasteiger partial charge in [0.1, 0.15) is 35.6 Å². The van der Waals surface area contributed by atoms with Crippen LogP contribution in [0.1, 0.15) is 41.6 Å². The molecule has 0 aliphatic rings. The highest BCUT2D eigenvalue weighted by atomic mass is 19.3. The Kier molecular flexibility index (Phi) is 7.61. The van der Waals surface area contributed by atoms with Gasteiger partial charge in [-0.3, -0.25) is 9.36 Å². The zero-order valence-electron chi connectivity index (χ0n) is 19.3. The number of aryl methyl sites for hydroxylation is 2. The van der Waals surface area contributed by atoms with Crippen molar-refractivity contribution in [1.29, 1.82) is 0 Å². The first-order valence-corrected chi connectivity index (χ1v) is 10.6. The van der Waals surface area contributed by atoms with E-state index in [-0.39, 0.29) is 17.6 Å². The monoisotopic (exact) mass is 498 g/mol. The molecule has 1 amide bonds. The fraction of sp³-hybridized carbons (Fsp3) is 0.348. The second-order valence-corrected chi connectivity index (χ2v) is 8.04. The smallest absolute Gasteiger partial charge is 0.351 e. The molecule has 2 aromatic carbocycles. The Bertz CT molecular complexity index is 1280. The van der Waals surface area contributed by atoms with Crippen molar-refractivity contribution >= 4 is 11.6 Å². The van der Waals surface area contributed by atoms with Crippen LogP contribution < -0.4 is 15.7 Å². The number of carbonyl (C=O) groups is 1. The molecule has 1 N–H and O–H groups in total. The van der Waals surface area contributed by atoms with E-state index in [1.807, 2.05) is 0 Å². The van der Waals surface area contributed by atoms with Gasteiger partial charge in [-0.05, 0) is 45.4 Å². The van der Waals surface area contributed by atoms with E-state index in [0.717, 1.165) is 12.1 Å². The Labute approximate surface area is 197 Å². The zero-order valence-corrected chi connectivity index (χ0v) is 19.3. The molecule has 3 rings (SSSR count).